The molecular weight excluding hydrogens is 427 g/mol. The Labute approximate surface area is 168 Å². The zero-order valence-electron chi connectivity index (χ0n) is 15.2. The maximum atomic E-state index is 11.7. The Kier molecular flexibility index (Phi) is 10.5. The molecule has 1 amide bonds. The first kappa shape index (κ1) is 21.7. The van der Waals surface area contributed by atoms with E-state index >= 15 is 0 Å². The molecule has 1 heterocycles. The van der Waals surface area contributed by atoms with Gasteiger partial charge in [0, 0.05) is 26.1 Å². The molecule has 1 fully saturated rings. The second-order valence-corrected chi connectivity index (χ2v) is 6.43. The number of halogens is 1. The first-order valence-electron chi connectivity index (χ1n) is 9.08. The van der Waals surface area contributed by atoms with E-state index in [1.54, 1.807) is 0 Å². The Hall–Kier alpha value is -1.31. The normalized spacial score (nSPS) is 14.5. The summed E-state index contributed by atoms with van der Waals surface area (Å²) in [4.78, 5) is 18.1. The lowest BCUT2D eigenvalue weighted by molar-refractivity contribution is -0.128. The van der Waals surface area contributed by atoms with Crippen LogP contribution in [-0.4, -0.2) is 29.9 Å². The van der Waals surface area contributed by atoms with Crippen LogP contribution >= 0.6 is 24.0 Å². The van der Waals surface area contributed by atoms with Gasteiger partial charge >= 0.3 is 0 Å². The van der Waals surface area contributed by atoms with Gasteiger partial charge in [0.15, 0.2) is 5.96 Å². The topological polar surface area (TPSA) is 70.7 Å². The molecular formula is C19H31IN4O. The van der Waals surface area contributed by atoms with Gasteiger partial charge in [-0.2, -0.15) is 0 Å². The van der Waals surface area contributed by atoms with Crippen LogP contribution in [0.5, 0.6) is 0 Å². The fraction of sp³-hybridized carbons (Fsp3) is 0.579. The summed E-state index contributed by atoms with van der Waals surface area (Å²) in [5.41, 5.74) is 8.19. The Morgan fingerprint density at radius 1 is 1.28 bits per heavy atom. The van der Waals surface area contributed by atoms with E-state index in [0.717, 1.165) is 37.1 Å². The van der Waals surface area contributed by atoms with Crippen molar-refractivity contribution >= 4 is 35.8 Å². The smallest absolute Gasteiger partial charge is 0.222 e. The number of likely N-dealkylation sites (tertiary alicyclic amines) is 1. The van der Waals surface area contributed by atoms with Crippen molar-refractivity contribution in [3.05, 3.63) is 35.4 Å². The van der Waals surface area contributed by atoms with Crippen LogP contribution in [0.1, 0.15) is 56.6 Å². The number of nitrogens with zero attached hydrogens (tertiary/aromatic N) is 2. The van der Waals surface area contributed by atoms with Crippen molar-refractivity contribution in [1.82, 2.24) is 10.2 Å². The zero-order valence-corrected chi connectivity index (χ0v) is 17.5. The van der Waals surface area contributed by atoms with Crippen LogP contribution in [0, 0.1) is 0 Å². The summed E-state index contributed by atoms with van der Waals surface area (Å²) in [6.45, 7) is 5.22. The summed E-state index contributed by atoms with van der Waals surface area (Å²) in [5, 5.41) is 3.17. The third-order valence-corrected chi connectivity index (χ3v) is 4.30. The molecule has 1 saturated heterocycles. The van der Waals surface area contributed by atoms with Crippen LogP contribution in [0.4, 0.5) is 0 Å². The van der Waals surface area contributed by atoms with Crippen molar-refractivity contribution in [2.75, 3.05) is 13.1 Å². The highest BCUT2D eigenvalue weighted by Crippen LogP contribution is 2.15. The van der Waals surface area contributed by atoms with Crippen LogP contribution in [0.15, 0.2) is 29.3 Å². The molecule has 0 atom stereocenters. The van der Waals surface area contributed by atoms with E-state index in [1.165, 1.54) is 19.3 Å². The summed E-state index contributed by atoms with van der Waals surface area (Å²) < 4.78 is 0. The number of unbranched alkanes of at least 4 members (excludes halogenated alkanes) is 3. The van der Waals surface area contributed by atoms with Gasteiger partial charge in [-0.05, 0) is 24.0 Å². The van der Waals surface area contributed by atoms with Gasteiger partial charge < -0.3 is 16.0 Å². The molecule has 2 rings (SSSR count). The van der Waals surface area contributed by atoms with Gasteiger partial charge in [0.2, 0.25) is 5.91 Å². The lowest BCUT2D eigenvalue weighted by atomic mass is 10.1. The summed E-state index contributed by atoms with van der Waals surface area (Å²) in [6.07, 6.45) is 6.53. The molecule has 1 aliphatic heterocycles. The molecule has 0 aromatic heterocycles. The minimum Gasteiger partial charge on any atom is -0.370 e. The maximum Gasteiger partial charge on any atom is 0.222 e. The molecule has 0 spiro atoms. The Morgan fingerprint density at radius 2 is 2.08 bits per heavy atom. The third-order valence-electron chi connectivity index (χ3n) is 4.30. The second-order valence-electron chi connectivity index (χ2n) is 6.43. The minimum absolute atomic E-state index is 0. The SMILES string of the molecule is CCCCCCNC(N)=NCc1cccc(CN2CCCC2=O)c1.I. The van der Waals surface area contributed by atoms with Crippen LogP contribution < -0.4 is 11.1 Å². The van der Waals surface area contributed by atoms with Gasteiger partial charge in [0.1, 0.15) is 0 Å². The van der Waals surface area contributed by atoms with Crippen molar-refractivity contribution in [3.8, 4) is 0 Å². The van der Waals surface area contributed by atoms with E-state index in [0.29, 0.717) is 25.5 Å². The lowest BCUT2D eigenvalue weighted by Gasteiger charge is -2.15. The molecule has 0 aliphatic carbocycles. The molecule has 3 N–H and O–H groups in total. The lowest BCUT2D eigenvalue weighted by Crippen LogP contribution is -2.32. The van der Waals surface area contributed by atoms with E-state index in [9.17, 15) is 4.79 Å². The van der Waals surface area contributed by atoms with Crippen molar-refractivity contribution < 1.29 is 4.79 Å². The monoisotopic (exact) mass is 458 g/mol. The fourth-order valence-electron chi connectivity index (χ4n) is 2.92. The Morgan fingerprint density at radius 3 is 2.80 bits per heavy atom. The van der Waals surface area contributed by atoms with Gasteiger partial charge in [-0.15, -0.1) is 24.0 Å². The average molecular weight is 458 g/mol. The third kappa shape index (κ3) is 8.07. The number of rotatable bonds is 9. The summed E-state index contributed by atoms with van der Waals surface area (Å²) in [5.74, 6) is 0.765. The zero-order chi connectivity index (χ0) is 17.2. The number of benzene rings is 1. The summed E-state index contributed by atoms with van der Waals surface area (Å²) >= 11 is 0. The molecule has 6 heteroatoms. The summed E-state index contributed by atoms with van der Waals surface area (Å²) in [6, 6.07) is 8.25. The first-order chi connectivity index (χ1) is 11.7. The molecule has 0 bridgehead atoms. The second kappa shape index (κ2) is 12.1. The predicted octanol–water partition coefficient (Wildman–Crippen LogP) is 3.41. The number of carbonyl (C=O) groups excluding carboxylic acids is 1. The van der Waals surface area contributed by atoms with Crippen molar-refractivity contribution in [1.29, 1.82) is 0 Å². The minimum atomic E-state index is 0. The highest BCUT2D eigenvalue weighted by molar-refractivity contribution is 14.0. The van der Waals surface area contributed by atoms with E-state index < -0.39 is 0 Å². The number of carbonyl (C=O) groups is 1. The molecule has 1 aromatic rings. The number of hydrogen-bond acceptors (Lipinski definition) is 2. The largest absolute Gasteiger partial charge is 0.370 e. The number of amides is 1. The highest BCUT2D eigenvalue weighted by Gasteiger charge is 2.19. The van der Waals surface area contributed by atoms with E-state index in [2.05, 4.69) is 29.4 Å². The van der Waals surface area contributed by atoms with Gasteiger partial charge in [0.05, 0.1) is 6.54 Å². The van der Waals surface area contributed by atoms with E-state index in [-0.39, 0.29) is 29.9 Å². The van der Waals surface area contributed by atoms with Crippen LogP contribution in [0.3, 0.4) is 0 Å². The van der Waals surface area contributed by atoms with Crippen molar-refractivity contribution in [3.63, 3.8) is 0 Å². The molecule has 5 nitrogen and oxygen atoms in total. The molecule has 0 radical (unpaired) electrons. The molecule has 0 saturated carbocycles. The van der Waals surface area contributed by atoms with Crippen LogP contribution in [-0.2, 0) is 17.9 Å². The van der Waals surface area contributed by atoms with E-state index in [1.807, 2.05) is 17.0 Å². The molecule has 140 valence electrons. The predicted molar refractivity (Wildman–Crippen MR) is 114 cm³/mol. The number of nitrogens with two attached hydrogens (primary N) is 1. The van der Waals surface area contributed by atoms with Crippen LogP contribution in [0.25, 0.3) is 0 Å². The average Bonchev–Trinajstić information content (AvgIpc) is 2.98. The first-order valence-corrected chi connectivity index (χ1v) is 9.08. The van der Waals surface area contributed by atoms with Gasteiger partial charge in [0.25, 0.3) is 0 Å². The number of guanidine groups is 1. The van der Waals surface area contributed by atoms with Crippen molar-refractivity contribution in [2.45, 2.75) is 58.5 Å². The van der Waals surface area contributed by atoms with E-state index in [4.69, 9.17) is 5.73 Å². The van der Waals surface area contributed by atoms with Gasteiger partial charge in [-0.1, -0.05) is 50.5 Å². The maximum absolute atomic E-state index is 11.7. The fourth-order valence-corrected chi connectivity index (χ4v) is 2.92. The van der Waals surface area contributed by atoms with Gasteiger partial charge in [-0.25, -0.2) is 4.99 Å². The standard InChI is InChI=1S/C19H30N4O.HI/c1-2-3-4-5-11-21-19(20)22-14-16-8-6-9-17(13-16)15-23-12-7-10-18(23)24;/h6,8-9,13H,2-5,7,10-12,14-15H2,1H3,(H3,20,21,22);1H. The molecule has 0 unspecified atom stereocenters. The number of aliphatic imine (C=N–C) groups is 1. The molecule has 1 aromatic carbocycles. The number of nitrogens with one attached hydrogen (secondary N) is 1. The molecule has 1 aliphatic rings. The quantitative estimate of drug-likeness (QED) is 0.258. The molecule has 25 heavy (non-hydrogen) atoms. The van der Waals surface area contributed by atoms with Crippen molar-refractivity contribution in [2.24, 2.45) is 10.7 Å². The number of hydrogen-bond donors (Lipinski definition) is 2. The highest BCUT2D eigenvalue weighted by atomic mass is 127. The summed E-state index contributed by atoms with van der Waals surface area (Å²) in [7, 11) is 0. The Bertz CT molecular complexity index is 562. The van der Waals surface area contributed by atoms with Gasteiger partial charge in [-0.3, -0.25) is 4.79 Å². The Balaban J connectivity index is 0.00000312. The van der Waals surface area contributed by atoms with Crippen LogP contribution in [0.2, 0.25) is 0 Å².